The van der Waals surface area contributed by atoms with Gasteiger partial charge in [0.25, 0.3) is 0 Å². The van der Waals surface area contributed by atoms with Gasteiger partial charge < -0.3 is 10.2 Å². The topological polar surface area (TPSA) is 32.3 Å². The van der Waals surface area contributed by atoms with Crippen LogP contribution in [0.25, 0.3) is 0 Å². The van der Waals surface area contributed by atoms with E-state index in [0.717, 1.165) is 0 Å². The van der Waals surface area contributed by atoms with Gasteiger partial charge in [0.2, 0.25) is 0 Å². The first-order valence-corrected chi connectivity index (χ1v) is 7.61. The highest BCUT2D eigenvalue weighted by atomic mass is 35.5. The molecule has 3 nitrogen and oxygen atoms in total. The first kappa shape index (κ1) is 15.2. The van der Waals surface area contributed by atoms with Crippen molar-refractivity contribution in [3.63, 3.8) is 0 Å². The van der Waals surface area contributed by atoms with Gasteiger partial charge in [-0.05, 0) is 42.1 Å². The predicted octanol–water partition coefficient (Wildman–Crippen LogP) is 5.03. The number of carbonyl (C=O) groups is 1. The molecule has 0 bridgehead atoms. The summed E-state index contributed by atoms with van der Waals surface area (Å²) in [5.41, 5.74) is 1.75. The van der Waals surface area contributed by atoms with E-state index in [4.69, 9.17) is 23.2 Å². The van der Waals surface area contributed by atoms with Crippen LogP contribution in [-0.4, -0.2) is 18.0 Å². The Hall–Kier alpha value is -1.23. The summed E-state index contributed by atoms with van der Waals surface area (Å²) in [5, 5.41) is 5.75. The summed E-state index contributed by atoms with van der Waals surface area (Å²) in [6.45, 7) is 2.61. The molecule has 0 atom stereocenters. The van der Waals surface area contributed by atoms with E-state index in [-0.39, 0.29) is 6.03 Å². The van der Waals surface area contributed by atoms with Gasteiger partial charge in [-0.2, -0.15) is 0 Å². The second-order valence-corrected chi connectivity index (χ2v) is 6.28. The Bertz CT molecular complexity index is 627. The van der Waals surface area contributed by atoms with Gasteiger partial charge in [-0.15, -0.1) is 11.3 Å². The summed E-state index contributed by atoms with van der Waals surface area (Å²) in [4.78, 5) is 14.9. The number of benzene rings is 1. The highest BCUT2D eigenvalue weighted by Gasteiger charge is 2.13. The van der Waals surface area contributed by atoms with Crippen LogP contribution in [0.3, 0.4) is 0 Å². The highest BCUT2D eigenvalue weighted by Crippen LogP contribution is 2.26. The van der Waals surface area contributed by atoms with E-state index in [2.05, 4.69) is 5.32 Å². The summed E-state index contributed by atoms with van der Waals surface area (Å²) in [6.07, 6.45) is 0. The van der Waals surface area contributed by atoms with Crippen LogP contribution in [0.1, 0.15) is 10.4 Å². The second-order valence-electron chi connectivity index (χ2n) is 4.44. The third kappa shape index (κ3) is 3.66. The average Bonchev–Trinajstić information content (AvgIpc) is 2.78. The fourth-order valence-electron chi connectivity index (χ4n) is 1.65. The van der Waals surface area contributed by atoms with E-state index < -0.39 is 0 Å². The van der Waals surface area contributed by atoms with Crippen LogP contribution >= 0.6 is 34.5 Å². The quantitative estimate of drug-likeness (QED) is 0.842. The molecule has 1 aromatic heterocycles. The number of amides is 2. The molecule has 20 heavy (non-hydrogen) atoms. The number of nitrogens with zero attached hydrogens (tertiary/aromatic N) is 1. The Kier molecular flexibility index (Phi) is 4.91. The van der Waals surface area contributed by atoms with Crippen molar-refractivity contribution in [3.8, 4) is 0 Å². The zero-order chi connectivity index (χ0) is 14.7. The zero-order valence-corrected chi connectivity index (χ0v) is 13.4. The summed E-state index contributed by atoms with van der Waals surface area (Å²) in [7, 11) is 1.75. The molecule has 1 aromatic carbocycles. The minimum absolute atomic E-state index is 0.206. The zero-order valence-electron chi connectivity index (χ0n) is 11.1. The number of anilines is 1. The Labute approximate surface area is 132 Å². The van der Waals surface area contributed by atoms with E-state index in [1.54, 1.807) is 41.5 Å². The molecule has 0 spiro atoms. The predicted molar refractivity (Wildman–Crippen MR) is 86.0 cm³/mol. The van der Waals surface area contributed by atoms with E-state index >= 15 is 0 Å². The van der Waals surface area contributed by atoms with Gasteiger partial charge in [-0.1, -0.05) is 23.2 Å². The number of carbonyl (C=O) groups excluding carboxylic acids is 1. The highest BCUT2D eigenvalue weighted by molar-refractivity contribution is 7.10. The smallest absolute Gasteiger partial charge is 0.321 e. The summed E-state index contributed by atoms with van der Waals surface area (Å²) in [5.74, 6) is 0. The number of rotatable bonds is 3. The third-order valence-corrected chi connectivity index (χ3v) is 4.42. The van der Waals surface area contributed by atoms with Crippen molar-refractivity contribution >= 4 is 46.3 Å². The van der Waals surface area contributed by atoms with Gasteiger partial charge in [-0.3, -0.25) is 0 Å². The molecule has 2 amide bonds. The molecular weight excluding hydrogens is 315 g/mol. The maximum absolute atomic E-state index is 12.1. The maximum atomic E-state index is 12.1. The molecular formula is C14H14Cl2N2OS. The van der Waals surface area contributed by atoms with Crippen molar-refractivity contribution in [1.29, 1.82) is 0 Å². The Morgan fingerprint density at radius 3 is 2.70 bits per heavy atom. The molecule has 0 aliphatic rings. The van der Waals surface area contributed by atoms with Crippen molar-refractivity contribution in [2.75, 3.05) is 12.4 Å². The second kappa shape index (κ2) is 6.48. The fraction of sp³-hybridized carbons (Fsp3) is 0.214. The number of hydrogen-bond acceptors (Lipinski definition) is 2. The maximum Gasteiger partial charge on any atom is 0.321 e. The summed E-state index contributed by atoms with van der Waals surface area (Å²) >= 11 is 13.5. The minimum Gasteiger partial charge on any atom is -0.322 e. The van der Waals surface area contributed by atoms with Gasteiger partial charge in [0.1, 0.15) is 0 Å². The monoisotopic (exact) mass is 328 g/mol. The third-order valence-electron chi connectivity index (χ3n) is 2.87. The molecule has 0 saturated carbocycles. The lowest BCUT2D eigenvalue weighted by molar-refractivity contribution is 0.221. The van der Waals surface area contributed by atoms with Crippen LogP contribution in [0.5, 0.6) is 0 Å². The normalized spacial score (nSPS) is 10.4. The fourth-order valence-corrected chi connectivity index (χ4v) is 3.07. The van der Waals surface area contributed by atoms with E-state index in [9.17, 15) is 4.79 Å². The Morgan fingerprint density at radius 2 is 2.10 bits per heavy atom. The molecule has 106 valence electrons. The molecule has 1 heterocycles. The lowest BCUT2D eigenvalue weighted by Crippen LogP contribution is -2.30. The molecule has 6 heteroatoms. The standard InChI is InChI=1S/C14H14Cl2N2OS/c1-9-5-6-20-13(9)8-18(2)14(19)17-12-4-3-10(15)7-11(12)16/h3-7H,8H2,1-2H3,(H,17,19). The first-order valence-electron chi connectivity index (χ1n) is 5.97. The number of nitrogens with one attached hydrogen (secondary N) is 1. The van der Waals surface area contributed by atoms with E-state index in [1.807, 2.05) is 18.4 Å². The van der Waals surface area contributed by atoms with Gasteiger partial charge in [0.05, 0.1) is 17.3 Å². The molecule has 0 radical (unpaired) electrons. The van der Waals surface area contributed by atoms with Crippen molar-refractivity contribution in [3.05, 3.63) is 50.1 Å². The minimum atomic E-state index is -0.206. The van der Waals surface area contributed by atoms with Crippen LogP contribution < -0.4 is 5.32 Å². The van der Waals surface area contributed by atoms with Crippen molar-refractivity contribution in [1.82, 2.24) is 4.90 Å². The summed E-state index contributed by atoms with van der Waals surface area (Å²) < 4.78 is 0. The van der Waals surface area contributed by atoms with E-state index in [1.165, 1.54) is 10.4 Å². The first-order chi connectivity index (χ1) is 9.47. The van der Waals surface area contributed by atoms with Crippen molar-refractivity contribution < 1.29 is 4.79 Å². The number of aryl methyl sites for hydroxylation is 1. The Balaban J connectivity index is 2.02. The van der Waals surface area contributed by atoms with E-state index in [0.29, 0.717) is 22.3 Å². The average molecular weight is 329 g/mol. The number of thiophene rings is 1. The largest absolute Gasteiger partial charge is 0.322 e. The van der Waals surface area contributed by atoms with Crippen LogP contribution in [0.15, 0.2) is 29.6 Å². The molecule has 0 fully saturated rings. The van der Waals surface area contributed by atoms with Gasteiger partial charge in [0, 0.05) is 16.9 Å². The van der Waals surface area contributed by atoms with Gasteiger partial charge >= 0.3 is 6.03 Å². The summed E-state index contributed by atoms with van der Waals surface area (Å²) in [6, 6.07) is 6.81. The SMILES string of the molecule is Cc1ccsc1CN(C)C(=O)Nc1ccc(Cl)cc1Cl. The van der Waals surface area contributed by atoms with Crippen LogP contribution in [0, 0.1) is 6.92 Å². The molecule has 0 aliphatic carbocycles. The Morgan fingerprint density at radius 1 is 1.35 bits per heavy atom. The number of hydrogen-bond donors (Lipinski definition) is 1. The lowest BCUT2D eigenvalue weighted by Gasteiger charge is -2.18. The van der Waals surface area contributed by atoms with Crippen LogP contribution in [0.2, 0.25) is 10.0 Å². The van der Waals surface area contributed by atoms with Gasteiger partial charge in [-0.25, -0.2) is 4.79 Å². The molecule has 0 saturated heterocycles. The molecule has 2 rings (SSSR count). The van der Waals surface area contributed by atoms with Crippen LogP contribution in [-0.2, 0) is 6.54 Å². The molecule has 2 aromatic rings. The molecule has 0 aliphatic heterocycles. The van der Waals surface area contributed by atoms with Gasteiger partial charge in [0.15, 0.2) is 0 Å². The lowest BCUT2D eigenvalue weighted by atomic mass is 10.3. The van der Waals surface area contributed by atoms with Crippen molar-refractivity contribution in [2.45, 2.75) is 13.5 Å². The molecule has 0 unspecified atom stereocenters. The number of urea groups is 1. The van der Waals surface area contributed by atoms with Crippen LogP contribution in [0.4, 0.5) is 10.5 Å². The number of halogens is 2. The van der Waals surface area contributed by atoms with Crippen molar-refractivity contribution in [2.24, 2.45) is 0 Å². The molecule has 1 N–H and O–H groups in total.